The smallest absolute Gasteiger partial charge is 0.416 e. The molecule has 2 aromatic rings. The Morgan fingerprint density at radius 1 is 1.24 bits per heavy atom. The van der Waals surface area contributed by atoms with Crippen LogP contribution in [0.5, 0.6) is 5.75 Å². The Kier molecular flexibility index (Phi) is 3.66. The van der Waals surface area contributed by atoms with E-state index >= 15 is 0 Å². The second kappa shape index (κ2) is 5.27. The van der Waals surface area contributed by atoms with Gasteiger partial charge in [0.2, 0.25) is 5.76 Å². The number of ether oxygens (including phenoxy) is 1. The highest BCUT2D eigenvalue weighted by Crippen LogP contribution is 2.31. The van der Waals surface area contributed by atoms with Crippen LogP contribution in [0.1, 0.15) is 26.6 Å². The fraction of sp³-hybridized carbons (Fsp3) is 0.0833. The van der Waals surface area contributed by atoms with Crippen molar-refractivity contribution in [1.82, 2.24) is 5.16 Å². The zero-order chi connectivity index (χ0) is 15.6. The molecule has 2 rings (SSSR count). The van der Waals surface area contributed by atoms with E-state index in [0.29, 0.717) is 6.07 Å². The minimum atomic E-state index is -4.58. The monoisotopic (exact) mass is 301 g/mol. The summed E-state index contributed by atoms with van der Waals surface area (Å²) in [5.74, 6) is -3.47. The maximum atomic E-state index is 12.5. The third-order valence-corrected chi connectivity index (χ3v) is 2.30. The molecule has 110 valence electrons. The van der Waals surface area contributed by atoms with E-state index in [1.54, 1.807) is 0 Å². The molecule has 0 unspecified atom stereocenters. The molecule has 1 N–H and O–H groups in total. The third kappa shape index (κ3) is 3.38. The van der Waals surface area contributed by atoms with Gasteiger partial charge in [-0.25, -0.2) is 9.59 Å². The van der Waals surface area contributed by atoms with Crippen molar-refractivity contribution in [1.29, 1.82) is 0 Å². The number of carbonyl (C=O) groups excluding carboxylic acids is 1. The molecule has 0 aliphatic heterocycles. The molecule has 0 bridgehead atoms. The molecule has 1 aromatic carbocycles. The summed E-state index contributed by atoms with van der Waals surface area (Å²) in [5, 5.41) is 11.7. The third-order valence-electron chi connectivity index (χ3n) is 2.30. The number of alkyl halides is 3. The lowest BCUT2D eigenvalue weighted by Crippen LogP contribution is -2.09. The SMILES string of the molecule is O=C(O)c1cc(C(=O)Oc2cccc(C(F)(F)F)c2)on1. The van der Waals surface area contributed by atoms with Crippen LogP contribution in [-0.2, 0) is 6.18 Å². The van der Waals surface area contributed by atoms with Crippen LogP contribution in [0, 0.1) is 0 Å². The van der Waals surface area contributed by atoms with Crippen LogP contribution in [0.4, 0.5) is 13.2 Å². The van der Waals surface area contributed by atoms with Gasteiger partial charge in [-0.2, -0.15) is 13.2 Å². The largest absolute Gasteiger partial charge is 0.476 e. The van der Waals surface area contributed by atoms with Crippen molar-refractivity contribution in [3.05, 3.63) is 47.3 Å². The van der Waals surface area contributed by atoms with Gasteiger partial charge in [0.25, 0.3) is 0 Å². The Bertz CT molecular complexity index is 692. The summed E-state index contributed by atoms with van der Waals surface area (Å²) in [6.07, 6.45) is -4.58. The average molecular weight is 301 g/mol. The fourth-order valence-electron chi connectivity index (χ4n) is 1.37. The maximum Gasteiger partial charge on any atom is 0.416 e. The summed E-state index contributed by atoms with van der Waals surface area (Å²) in [6, 6.07) is 4.45. The van der Waals surface area contributed by atoms with Crippen molar-refractivity contribution in [3.63, 3.8) is 0 Å². The van der Waals surface area contributed by atoms with Crippen LogP contribution in [0.3, 0.4) is 0 Å². The van der Waals surface area contributed by atoms with Gasteiger partial charge in [0.05, 0.1) is 5.56 Å². The van der Waals surface area contributed by atoms with E-state index < -0.39 is 35.1 Å². The highest BCUT2D eigenvalue weighted by molar-refractivity contribution is 5.92. The van der Waals surface area contributed by atoms with Gasteiger partial charge in [-0.05, 0) is 18.2 Å². The van der Waals surface area contributed by atoms with Crippen LogP contribution in [0.25, 0.3) is 0 Å². The lowest BCUT2D eigenvalue weighted by Gasteiger charge is -2.08. The number of carbonyl (C=O) groups is 2. The van der Waals surface area contributed by atoms with Gasteiger partial charge in [-0.1, -0.05) is 11.2 Å². The number of aromatic carboxylic acids is 1. The van der Waals surface area contributed by atoms with Crippen molar-refractivity contribution in [2.45, 2.75) is 6.18 Å². The van der Waals surface area contributed by atoms with Crippen LogP contribution in [-0.4, -0.2) is 22.2 Å². The second-order valence-electron chi connectivity index (χ2n) is 3.80. The van der Waals surface area contributed by atoms with Crippen LogP contribution >= 0.6 is 0 Å². The average Bonchev–Trinajstić information content (AvgIpc) is 2.88. The van der Waals surface area contributed by atoms with Crippen molar-refractivity contribution < 1.29 is 37.1 Å². The van der Waals surface area contributed by atoms with E-state index in [2.05, 4.69) is 14.4 Å². The highest BCUT2D eigenvalue weighted by Gasteiger charge is 2.31. The predicted octanol–water partition coefficient (Wildman–Crippen LogP) is 2.61. The summed E-state index contributed by atoms with van der Waals surface area (Å²) in [7, 11) is 0. The molecular weight excluding hydrogens is 295 g/mol. The molecule has 0 aliphatic carbocycles. The first-order valence-electron chi connectivity index (χ1n) is 5.37. The van der Waals surface area contributed by atoms with Crippen LogP contribution in [0.15, 0.2) is 34.9 Å². The molecule has 0 fully saturated rings. The zero-order valence-corrected chi connectivity index (χ0v) is 10.0. The Balaban J connectivity index is 2.17. The summed E-state index contributed by atoms with van der Waals surface area (Å²) in [6.45, 7) is 0. The number of carboxylic acid groups (broad SMARTS) is 1. The van der Waals surface area contributed by atoms with Crippen LogP contribution < -0.4 is 4.74 Å². The molecule has 0 amide bonds. The first-order valence-corrected chi connectivity index (χ1v) is 5.37. The Labute approximate surface area is 114 Å². The van der Waals surface area contributed by atoms with Gasteiger partial charge in [-0.15, -0.1) is 0 Å². The van der Waals surface area contributed by atoms with Crippen molar-refractivity contribution in [2.75, 3.05) is 0 Å². The molecule has 21 heavy (non-hydrogen) atoms. The summed E-state index contributed by atoms with van der Waals surface area (Å²) < 4.78 is 46.6. The molecule has 0 saturated heterocycles. The number of carboxylic acids is 1. The van der Waals surface area contributed by atoms with Gasteiger partial charge in [0.1, 0.15) is 5.75 Å². The van der Waals surface area contributed by atoms with E-state index in [0.717, 1.165) is 24.3 Å². The molecule has 6 nitrogen and oxygen atoms in total. The first-order chi connectivity index (χ1) is 9.77. The number of esters is 1. The zero-order valence-electron chi connectivity index (χ0n) is 10.0. The quantitative estimate of drug-likeness (QED) is 0.692. The predicted molar refractivity (Wildman–Crippen MR) is 59.9 cm³/mol. The Morgan fingerprint density at radius 3 is 2.52 bits per heavy atom. The number of benzene rings is 1. The number of hydrogen-bond donors (Lipinski definition) is 1. The topological polar surface area (TPSA) is 89.6 Å². The molecule has 1 aromatic heterocycles. The number of nitrogens with zero attached hydrogens (tertiary/aromatic N) is 1. The van der Waals surface area contributed by atoms with Gasteiger partial charge in [0.15, 0.2) is 5.69 Å². The highest BCUT2D eigenvalue weighted by atomic mass is 19.4. The molecule has 9 heteroatoms. The molecule has 0 saturated carbocycles. The van der Waals surface area contributed by atoms with E-state index in [-0.39, 0.29) is 5.75 Å². The van der Waals surface area contributed by atoms with Crippen LogP contribution in [0.2, 0.25) is 0 Å². The van der Waals surface area contributed by atoms with Gasteiger partial charge >= 0.3 is 18.1 Å². The normalized spacial score (nSPS) is 11.2. The minimum Gasteiger partial charge on any atom is -0.476 e. The Hall–Kier alpha value is -2.84. The maximum absolute atomic E-state index is 12.5. The fourth-order valence-corrected chi connectivity index (χ4v) is 1.37. The van der Waals surface area contributed by atoms with E-state index in [9.17, 15) is 22.8 Å². The number of rotatable bonds is 3. The van der Waals surface area contributed by atoms with E-state index in [1.807, 2.05) is 0 Å². The first kappa shape index (κ1) is 14.6. The summed E-state index contributed by atoms with van der Waals surface area (Å²) in [5.41, 5.74) is -1.51. The minimum absolute atomic E-state index is 0.358. The molecule has 0 spiro atoms. The van der Waals surface area contributed by atoms with Gasteiger partial charge in [-0.3, -0.25) is 0 Å². The molecule has 0 radical (unpaired) electrons. The second-order valence-corrected chi connectivity index (χ2v) is 3.80. The molecular formula is C12H6F3NO5. The molecule has 1 heterocycles. The summed E-state index contributed by atoms with van der Waals surface area (Å²) in [4.78, 5) is 22.1. The lowest BCUT2D eigenvalue weighted by molar-refractivity contribution is -0.137. The van der Waals surface area contributed by atoms with E-state index in [1.165, 1.54) is 0 Å². The van der Waals surface area contributed by atoms with Gasteiger partial charge in [0, 0.05) is 6.07 Å². The Morgan fingerprint density at radius 2 is 1.95 bits per heavy atom. The number of aromatic nitrogens is 1. The summed E-state index contributed by atoms with van der Waals surface area (Å²) >= 11 is 0. The lowest BCUT2D eigenvalue weighted by atomic mass is 10.2. The van der Waals surface area contributed by atoms with Crippen molar-refractivity contribution in [2.24, 2.45) is 0 Å². The molecule has 0 atom stereocenters. The standard InChI is InChI=1S/C12H6F3NO5/c13-12(14,15)6-2-1-3-7(4-6)20-11(19)9-5-8(10(17)18)16-21-9/h1-5H,(H,17,18). The van der Waals surface area contributed by atoms with Crippen molar-refractivity contribution in [3.8, 4) is 5.75 Å². The van der Waals surface area contributed by atoms with E-state index in [4.69, 9.17) is 5.11 Å². The number of halogens is 3. The molecule has 0 aliphatic rings. The number of hydrogen-bond acceptors (Lipinski definition) is 5. The van der Waals surface area contributed by atoms with Gasteiger partial charge < -0.3 is 14.4 Å². The van der Waals surface area contributed by atoms with Crippen molar-refractivity contribution >= 4 is 11.9 Å².